The van der Waals surface area contributed by atoms with Gasteiger partial charge in [-0.3, -0.25) is 9.00 Å². The normalized spacial score (nSPS) is 13.3. The van der Waals surface area contributed by atoms with Crippen LogP contribution in [0.1, 0.15) is 24.2 Å². The smallest absolute Gasteiger partial charge is 0.318 e. The molecule has 0 N–H and O–H groups in total. The fraction of sp³-hybridized carbons (Fsp3) is 0.278. The molecule has 0 spiro atoms. The van der Waals surface area contributed by atoms with E-state index in [2.05, 4.69) is 4.74 Å². The average Bonchev–Trinajstić information content (AvgIpc) is 2.56. The van der Waals surface area contributed by atoms with Crippen molar-refractivity contribution in [2.45, 2.75) is 18.6 Å². The van der Waals surface area contributed by atoms with Gasteiger partial charge in [-0.25, -0.2) is 4.39 Å². The fourth-order valence-electron chi connectivity index (χ4n) is 2.42. The van der Waals surface area contributed by atoms with Crippen LogP contribution in [0.3, 0.4) is 0 Å². The molecule has 0 bridgehead atoms. The Kier molecular flexibility index (Phi) is 6.04. The van der Waals surface area contributed by atoms with Crippen LogP contribution in [0.15, 0.2) is 48.5 Å². The third-order valence-electron chi connectivity index (χ3n) is 3.64. The molecule has 122 valence electrons. The average molecular weight is 334 g/mol. The van der Waals surface area contributed by atoms with E-state index in [1.807, 2.05) is 31.2 Å². The quantitative estimate of drug-likeness (QED) is 0.753. The van der Waals surface area contributed by atoms with Gasteiger partial charge in [-0.2, -0.15) is 0 Å². The molecule has 3 nitrogen and oxygen atoms in total. The van der Waals surface area contributed by atoms with Gasteiger partial charge in [0, 0.05) is 16.4 Å². The number of hydrogen-bond acceptors (Lipinski definition) is 3. The third-order valence-corrected chi connectivity index (χ3v) is 5.40. The lowest BCUT2D eigenvalue weighted by Crippen LogP contribution is -2.17. The van der Waals surface area contributed by atoms with Gasteiger partial charge in [-0.1, -0.05) is 49.4 Å². The number of benzene rings is 2. The molecule has 0 aliphatic carbocycles. The second-order valence-corrected chi connectivity index (χ2v) is 6.72. The van der Waals surface area contributed by atoms with Crippen molar-refractivity contribution in [3.05, 3.63) is 59.9 Å². The van der Waals surface area contributed by atoms with Gasteiger partial charge in [-0.05, 0) is 23.6 Å². The number of hydrogen-bond donors (Lipinski definition) is 0. The molecule has 0 aromatic heterocycles. The Morgan fingerprint density at radius 3 is 2.39 bits per heavy atom. The molecular weight excluding hydrogens is 315 g/mol. The zero-order valence-electron chi connectivity index (χ0n) is 13.1. The summed E-state index contributed by atoms with van der Waals surface area (Å²) >= 11 is 0. The number of rotatable bonds is 6. The first kappa shape index (κ1) is 17.3. The summed E-state index contributed by atoms with van der Waals surface area (Å²) in [7, 11) is -0.0615. The molecule has 2 aromatic rings. The van der Waals surface area contributed by atoms with Gasteiger partial charge in [0.05, 0.1) is 12.4 Å². The van der Waals surface area contributed by atoms with Gasteiger partial charge >= 0.3 is 5.97 Å². The molecule has 0 radical (unpaired) electrons. The Morgan fingerprint density at radius 1 is 1.17 bits per heavy atom. The predicted octanol–water partition coefficient (Wildman–Crippen LogP) is 3.87. The summed E-state index contributed by atoms with van der Waals surface area (Å²) in [6, 6.07) is 13.9. The van der Waals surface area contributed by atoms with E-state index in [0.29, 0.717) is 12.0 Å². The lowest BCUT2D eigenvalue weighted by molar-refractivity contribution is -0.137. The summed E-state index contributed by atoms with van der Waals surface area (Å²) in [5, 5.41) is -0.247. The molecule has 5 heteroatoms. The maximum Gasteiger partial charge on any atom is 0.318 e. The van der Waals surface area contributed by atoms with Crippen LogP contribution in [0.2, 0.25) is 0 Å². The van der Waals surface area contributed by atoms with Crippen molar-refractivity contribution in [2.24, 2.45) is 0 Å². The van der Waals surface area contributed by atoms with Crippen LogP contribution in [0.5, 0.6) is 0 Å². The van der Waals surface area contributed by atoms with E-state index in [1.54, 1.807) is 18.2 Å². The fourth-order valence-corrected chi connectivity index (χ4v) is 3.81. The van der Waals surface area contributed by atoms with E-state index in [4.69, 9.17) is 0 Å². The highest BCUT2D eigenvalue weighted by atomic mass is 32.2. The lowest BCUT2D eigenvalue weighted by Gasteiger charge is -2.15. The summed E-state index contributed by atoms with van der Waals surface area (Å²) in [6.07, 6.45) is 0.642. The zero-order chi connectivity index (χ0) is 16.8. The van der Waals surface area contributed by atoms with Crippen LogP contribution >= 0.6 is 0 Å². The molecule has 0 saturated heterocycles. The third kappa shape index (κ3) is 4.26. The van der Waals surface area contributed by atoms with Crippen molar-refractivity contribution >= 4 is 16.8 Å². The van der Waals surface area contributed by atoms with Gasteiger partial charge in [-0.15, -0.1) is 0 Å². The summed E-state index contributed by atoms with van der Waals surface area (Å²) < 4.78 is 30.7. The summed E-state index contributed by atoms with van der Waals surface area (Å²) in [5.74, 6) is -0.879. The molecule has 2 rings (SSSR count). The second-order valence-electron chi connectivity index (χ2n) is 5.10. The number of halogens is 1. The molecular formula is C18H19FO3S. The topological polar surface area (TPSA) is 43.4 Å². The highest BCUT2D eigenvalue weighted by molar-refractivity contribution is 7.86. The number of carbonyl (C=O) groups is 1. The van der Waals surface area contributed by atoms with Gasteiger partial charge in [0.1, 0.15) is 11.6 Å². The first-order valence-corrected chi connectivity index (χ1v) is 8.73. The van der Waals surface area contributed by atoms with Crippen LogP contribution in [0.25, 0.3) is 11.1 Å². The molecule has 2 atom stereocenters. The summed E-state index contributed by atoms with van der Waals surface area (Å²) in [6.45, 7) is 1.92. The minimum Gasteiger partial charge on any atom is -0.468 e. The molecule has 0 saturated carbocycles. The summed E-state index contributed by atoms with van der Waals surface area (Å²) in [4.78, 5) is 11.3. The van der Waals surface area contributed by atoms with Crippen molar-refractivity contribution in [3.63, 3.8) is 0 Å². The molecule has 0 heterocycles. The first-order valence-electron chi connectivity index (χ1n) is 7.35. The molecule has 2 aromatic carbocycles. The molecule has 0 aliphatic rings. The van der Waals surface area contributed by atoms with Crippen molar-refractivity contribution in [1.29, 1.82) is 0 Å². The SMILES string of the molecule is CCC(c1ccc(-c2ccccc2F)cc1)S(=O)CC(=O)OC. The first-order chi connectivity index (χ1) is 11.1. The summed E-state index contributed by atoms with van der Waals surface area (Å²) in [5.41, 5.74) is 2.16. The Balaban J connectivity index is 2.22. The lowest BCUT2D eigenvalue weighted by atomic mass is 10.0. The van der Waals surface area contributed by atoms with Crippen molar-refractivity contribution in [2.75, 3.05) is 12.9 Å². The minimum absolute atomic E-state index is 0.121. The monoisotopic (exact) mass is 334 g/mol. The van der Waals surface area contributed by atoms with Gasteiger partial charge in [0.2, 0.25) is 0 Å². The minimum atomic E-state index is -1.34. The molecule has 0 fully saturated rings. The molecule has 23 heavy (non-hydrogen) atoms. The Labute approximate surface area is 137 Å². The zero-order valence-corrected chi connectivity index (χ0v) is 13.9. The van der Waals surface area contributed by atoms with Gasteiger partial charge in [0.25, 0.3) is 0 Å². The van der Waals surface area contributed by atoms with Crippen LogP contribution in [-0.2, 0) is 20.3 Å². The van der Waals surface area contributed by atoms with E-state index in [1.165, 1.54) is 13.2 Å². The van der Waals surface area contributed by atoms with E-state index >= 15 is 0 Å². The maximum atomic E-state index is 13.8. The largest absolute Gasteiger partial charge is 0.468 e. The van der Waals surface area contributed by atoms with Crippen molar-refractivity contribution in [1.82, 2.24) is 0 Å². The molecule has 0 aliphatic heterocycles. The van der Waals surface area contributed by atoms with E-state index in [0.717, 1.165) is 11.1 Å². The van der Waals surface area contributed by atoms with Crippen LogP contribution in [0, 0.1) is 5.82 Å². The maximum absolute atomic E-state index is 13.8. The van der Waals surface area contributed by atoms with Crippen LogP contribution < -0.4 is 0 Å². The number of carbonyl (C=O) groups excluding carboxylic acids is 1. The van der Waals surface area contributed by atoms with Crippen molar-refractivity contribution in [3.8, 4) is 11.1 Å². The number of esters is 1. The number of methoxy groups -OCH3 is 1. The molecule has 0 amide bonds. The van der Waals surface area contributed by atoms with E-state index in [9.17, 15) is 13.4 Å². The Hall–Kier alpha value is -2.01. The van der Waals surface area contributed by atoms with E-state index in [-0.39, 0.29) is 16.8 Å². The predicted molar refractivity (Wildman–Crippen MR) is 89.9 cm³/mol. The van der Waals surface area contributed by atoms with Crippen LogP contribution in [0.4, 0.5) is 4.39 Å². The highest BCUT2D eigenvalue weighted by Crippen LogP contribution is 2.28. The molecule has 2 unspecified atom stereocenters. The van der Waals surface area contributed by atoms with Crippen molar-refractivity contribution < 1.29 is 18.1 Å². The second kappa shape index (κ2) is 8.02. The Bertz CT molecular complexity index is 698. The highest BCUT2D eigenvalue weighted by Gasteiger charge is 2.20. The number of ether oxygens (including phenoxy) is 1. The van der Waals surface area contributed by atoms with E-state index < -0.39 is 16.8 Å². The van der Waals surface area contributed by atoms with Gasteiger partial charge < -0.3 is 4.74 Å². The van der Waals surface area contributed by atoms with Crippen LogP contribution in [-0.4, -0.2) is 23.0 Å². The standard InChI is InChI=1S/C18H19FO3S/c1-3-17(23(21)12-18(20)22-2)14-10-8-13(9-11-14)15-6-4-5-7-16(15)19/h4-11,17H,3,12H2,1-2H3. The van der Waals surface area contributed by atoms with Gasteiger partial charge in [0.15, 0.2) is 0 Å². The Morgan fingerprint density at radius 2 is 1.83 bits per heavy atom.